The molecule has 2 nitrogen and oxygen atoms in total. The first-order valence-corrected chi connectivity index (χ1v) is 7.63. The van der Waals surface area contributed by atoms with Crippen LogP contribution in [0.15, 0.2) is 85.2 Å². The lowest BCUT2D eigenvalue weighted by Gasteiger charge is -2.19. The fourth-order valence-electron chi connectivity index (χ4n) is 2.58. The van der Waals surface area contributed by atoms with Crippen molar-refractivity contribution in [3.05, 3.63) is 102 Å². The normalized spacial score (nSPS) is 12.0. The SMILES string of the molecule is c1ccc(C[C@H](NCc2ccncc2)c2ccccc2)cc1. The largest absolute Gasteiger partial charge is 0.306 e. The summed E-state index contributed by atoms with van der Waals surface area (Å²) in [6.45, 7) is 0.842. The summed E-state index contributed by atoms with van der Waals surface area (Å²) in [4.78, 5) is 4.07. The zero-order chi connectivity index (χ0) is 15.0. The molecule has 0 saturated heterocycles. The molecule has 0 aliphatic heterocycles. The molecule has 3 aromatic rings. The smallest absolute Gasteiger partial charge is 0.0363 e. The maximum Gasteiger partial charge on any atom is 0.0363 e. The molecule has 0 aliphatic carbocycles. The van der Waals surface area contributed by atoms with Crippen LogP contribution >= 0.6 is 0 Å². The van der Waals surface area contributed by atoms with E-state index in [2.05, 4.69) is 83.1 Å². The quantitative estimate of drug-likeness (QED) is 0.737. The van der Waals surface area contributed by atoms with Crippen molar-refractivity contribution in [2.24, 2.45) is 0 Å². The average molecular weight is 288 g/mol. The number of hydrogen-bond donors (Lipinski definition) is 1. The predicted molar refractivity (Wildman–Crippen MR) is 90.4 cm³/mol. The first-order chi connectivity index (χ1) is 10.9. The lowest BCUT2D eigenvalue weighted by atomic mass is 9.98. The van der Waals surface area contributed by atoms with Crippen LogP contribution in [0.4, 0.5) is 0 Å². The number of rotatable bonds is 6. The number of nitrogens with zero attached hydrogens (tertiary/aromatic N) is 1. The summed E-state index contributed by atoms with van der Waals surface area (Å²) in [6.07, 6.45) is 4.66. The van der Waals surface area contributed by atoms with Crippen molar-refractivity contribution in [1.82, 2.24) is 10.3 Å². The number of aromatic nitrogens is 1. The van der Waals surface area contributed by atoms with Gasteiger partial charge in [-0.05, 0) is 35.2 Å². The molecule has 0 radical (unpaired) electrons. The van der Waals surface area contributed by atoms with Crippen LogP contribution in [0.3, 0.4) is 0 Å². The van der Waals surface area contributed by atoms with Gasteiger partial charge in [-0.15, -0.1) is 0 Å². The van der Waals surface area contributed by atoms with E-state index < -0.39 is 0 Å². The second-order valence-corrected chi connectivity index (χ2v) is 5.39. The lowest BCUT2D eigenvalue weighted by Crippen LogP contribution is -2.23. The number of nitrogens with one attached hydrogen (secondary N) is 1. The van der Waals surface area contributed by atoms with Gasteiger partial charge in [0.15, 0.2) is 0 Å². The summed E-state index contributed by atoms with van der Waals surface area (Å²) >= 11 is 0. The van der Waals surface area contributed by atoms with E-state index >= 15 is 0 Å². The summed E-state index contributed by atoms with van der Waals surface area (Å²) in [5.74, 6) is 0. The third-order valence-electron chi connectivity index (χ3n) is 3.79. The summed E-state index contributed by atoms with van der Waals surface area (Å²) in [7, 11) is 0. The highest BCUT2D eigenvalue weighted by atomic mass is 14.9. The Hall–Kier alpha value is -2.45. The fourth-order valence-corrected chi connectivity index (χ4v) is 2.58. The first-order valence-electron chi connectivity index (χ1n) is 7.63. The van der Waals surface area contributed by atoms with E-state index in [1.165, 1.54) is 16.7 Å². The lowest BCUT2D eigenvalue weighted by molar-refractivity contribution is 0.530. The van der Waals surface area contributed by atoms with Gasteiger partial charge in [-0.2, -0.15) is 0 Å². The van der Waals surface area contributed by atoms with Crippen molar-refractivity contribution in [3.63, 3.8) is 0 Å². The average Bonchev–Trinajstić information content (AvgIpc) is 2.61. The van der Waals surface area contributed by atoms with Crippen LogP contribution in [-0.4, -0.2) is 4.98 Å². The molecule has 3 rings (SSSR count). The van der Waals surface area contributed by atoms with E-state index in [4.69, 9.17) is 0 Å². The van der Waals surface area contributed by atoms with Gasteiger partial charge in [-0.3, -0.25) is 4.98 Å². The van der Waals surface area contributed by atoms with E-state index in [9.17, 15) is 0 Å². The zero-order valence-electron chi connectivity index (χ0n) is 12.5. The summed E-state index contributed by atoms with van der Waals surface area (Å²) in [5, 5.41) is 3.67. The Morgan fingerprint density at radius 3 is 2.05 bits per heavy atom. The fraction of sp³-hybridized carbons (Fsp3) is 0.150. The zero-order valence-corrected chi connectivity index (χ0v) is 12.5. The van der Waals surface area contributed by atoms with Gasteiger partial charge in [0.1, 0.15) is 0 Å². The molecule has 0 bridgehead atoms. The van der Waals surface area contributed by atoms with Crippen molar-refractivity contribution in [1.29, 1.82) is 0 Å². The molecule has 2 heteroatoms. The van der Waals surface area contributed by atoms with Crippen molar-refractivity contribution >= 4 is 0 Å². The van der Waals surface area contributed by atoms with Gasteiger partial charge in [-0.1, -0.05) is 60.7 Å². The Morgan fingerprint density at radius 2 is 1.36 bits per heavy atom. The van der Waals surface area contributed by atoms with Gasteiger partial charge < -0.3 is 5.32 Å². The molecule has 1 N–H and O–H groups in total. The first kappa shape index (κ1) is 14.5. The van der Waals surface area contributed by atoms with E-state index in [0.29, 0.717) is 6.04 Å². The number of pyridine rings is 1. The molecular formula is C20H20N2. The molecule has 2 aromatic carbocycles. The van der Waals surface area contributed by atoms with Crippen LogP contribution in [0.2, 0.25) is 0 Å². The molecule has 0 fully saturated rings. The van der Waals surface area contributed by atoms with Gasteiger partial charge in [0.2, 0.25) is 0 Å². The predicted octanol–water partition coefficient (Wildman–Crippen LogP) is 4.16. The molecule has 0 spiro atoms. The summed E-state index contributed by atoms with van der Waals surface area (Å²) < 4.78 is 0. The van der Waals surface area contributed by atoms with Crippen molar-refractivity contribution in [3.8, 4) is 0 Å². The molecule has 1 heterocycles. The van der Waals surface area contributed by atoms with Crippen molar-refractivity contribution in [2.75, 3.05) is 0 Å². The van der Waals surface area contributed by atoms with Crippen molar-refractivity contribution in [2.45, 2.75) is 19.0 Å². The Morgan fingerprint density at radius 1 is 0.727 bits per heavy atom. The number of hydrogen-bond acceptors (Lipinski definition) is 2. The third kappa shape index (κ3) is 4.03. The minimum Gasteiger partial charge on any atom is -0.306 e. The maximum atomic E-state index is 4.07. The maximum absolute atomic E-state index is 4.07. The Labute approximate surface area is 131 Å². The summed E-state index contributed by atoms with van der Waals surface area (Å²) in [6, 6.07) is 25.7. The Kier molecular flexibility index (Phi) is 4.96. The highest BCUT2D eigenvalue weighted by molar-refractivity contribution is 5.24. The van der Waals surface area contributed by atoms with Crippen LogP contribution < -0.4 is 5.32 Å². The Balaban J connectivity index is 1.74. The highest BCUT2D eigenvalue weighted by Crippen LogP contribution is 2.19. The van der Waals surface area contributed by atoms with E-state index in [-0.39, 0.29) is 0 Å². The van der Waals surface area contributed by atoms with E-state index in [1.807, 2.05) is 12.4 Å². The van der Waals surface area contributed by atoms with Crippen LogP contribution in [0.1, 0.15) is 22.7 Å². The molecule has 0 unspecified atom stereocenters. The third-order valence-corrected chi connectivity index (χ3v) is 3.79. The van der Waals surface area contributed by atoms with Gasteiger partial charge >= 0.3 is 0 Å². The Bertz CT molecular complexity index is 666. The van der Waals surface area contributed by atoms with Crippen LogP contribution in [-0.2, 0) is 13.0 Å². The highest BCUT2D eigenvalue weighted by Gasteiger charge is 2.11. The van der Waals surface area contributed by atoms with Gasteiger partial charge in [0, 0.05) is 25.0 Å². The van der Waals surface area contributed by atoms with Crippen LogP contribution in [0, 0.1) is 0 Å². The van der Waals surface area contributed by atoms with E-state index in [1.54, 1.807) is 0 Å². The topological polar surface area (TPSA) is 24.9 Å². The molecule has 22 heavy (non-hydrogen) atoms. The minimum absolute atomic E-state index is 0.303. The monoisotopic (exact) mass is 288 g/mol. The molecule has 0 saturated carbocycles. The standard InChI is InChI=1S/C20H20N2/c1-3-7-17(8-4-1)15-20(19-9-5-2-6-10-19)22-16-18-11-13-21-14-12-18/h1-14,20,22H,15-16H2/t20-/m0/s1. The van der Waals surface area contributed by atoms with Gasteiger partial charge in [-0.25, -0.2) is 0 Å². The van der Waals surface area contributed by atoms with Crippen molar-refractivity contribution < 1.29 is 0 Å². The second kappa shape index (κ2) is 7.53. The minimum atomic E-state index is 0.303. The summed E-state index contributed by atoms with van der Waals surface area (Å²) in [5.41, 5.74) is 3.92. The molecule has 1 aromatic heterocycles. The molecule has 0 aliphatic rings. The second-order valence-electron chi connectivity index (χ2n) is 5.39. The van der Waals surface area contributed by atoms with Crippen LogP contribution in [0.5, 0.6) is 0 Å². The van der Waals surface area contributed by atoms with Gasteiger partial charge in [0.25, 0.3) is 0 Å². The number of benzene rings is 2. The van der Waals surface area contributed by atoms with E-state index in [0.717, 1.165) is 13.0 Å². The molecule has 1 atom stereocenters. The van der Waals surface area contributed by atoms with Gasteiger partial charge in [0.05, 0.1) is 0 Å². The molecule has 0 amide bonds. The molecular weight excluding hydrogens is 268 g/mol. The van der Waals surface area contributed by atoms with Crippen LogP contribution in [0.25, 0.3) is 0 Å². The molecule has 110 valence electrons.